The molecule has 0 unspecified atom stereocenters. The molecule has 16 aromatic rings. The molecule has 0 saturated carbocycles. The number of rotatable bonds is 12. The largest absolute Gasteiger partial charge is 0.213 e. The zero-order valence-electron chi connectivity index (χ0n) is 107. The molecule has 4 nitrogen and oxygen atoms in total. The molecule has 0 spiro atoms. The first-order valence-electron chi connectivity index (χ1n) is 58.2. The van der Waals surface area contributed by atoms with Crippen LogP contribution < -0.4 is 18.3 Å². The topological polar surface area (TPSA) is 15.5 Å². The van der Waals surface area contributed by atoms with Gasteiger partial charge in [-0.15, -0.1) is 0 Å². The smallest absolute Gasteiger partial charge is 0.201 e. The van der Waals surface area contributed by atoms with Crippen LogP contribution in [-0.2, 0) is 28.2 Å². The first-order valence-corrected chi connectivity index (χ1v) is 38.7. The minimum Gasteiger partial charge on any atom is -0.201 e. The molecule has 4 heterocycles. The van der Waals surface area contributed by atoms with Crippen molar-refractivity contribution in [2.45, 2.75) is 131 Å². The van der Waals surface area contributed by atoms with Crippen LogP contribution in [0.5, 0.6) is 0 Å². The van der Waals surface area contributed by atoms with E-state index in [-0.39, 0.29) is 94.6 Å². The highest BCUT2D eigenvalue weighted by molar-refractivity contribution is 5.85. The number of aryl methyl sites for hydroxylation is 23. The summed E-state index contributed by atoms with van der Waals surface area (Å²) in [6.45, 7) is -22.1. The molecule has 0 aliphatic rings. The normalized spacial score (nSPS) is 17.2. The van der Waals surface area contributed by atoms with Gasteiger partial charge >= 0.3 is 0 Å². The molecule has 0 bridgehead atoms. The third-order valence-electron chi connectivity index (χ3n) is 21.5. The molecule has 12 aromatic carbocycles. The van der Waals surface area contributed by atoms with Crippen molar-refractivity contribution in [3.8, 4) is 134 Å². The van der Waals surface area contributed by atoms with Gasteiger partial charge in [-0.2, -0.15) is 0 Å². The van der Waals surface area contributed by atoms with Crippen molar-refractivity contribution in [2.75, 3.05) is 0 Å². The van der Waals surface area contributed by atoms with Crippen molar-refractivity contribution in [3.05, 3.63) is 403 Å². The molecule has 0 N–H and O–H groups in total. The van der Waals surface area contributed by atoms with E-state index < -0.39 is 89.1 Å². The van der Waals surface area contributed by atoms with E-state index in [9.17, 15) is 0 Å². The van der Waals surface area contributed by atoms with Crippen LogP contribution in [-0.4, -0.2) is 0 Å². The van der Waals surface area contributed by atoms with E-state index >= 15 is 0 Å². The Labute approximate surface area is 765 Å². The second-order valence-corrected chi connectivity index (χ2v) is 30.1. The van der Waals surface area contributed by atoms with Gasteiger partial charge in [0.15, 0.2) is 24.8 Å². The van der Waals surface area contributed by atoms with Gasteiger partial charge in [0.1, 0.15) is 28.2 Å². The third kappa shape index (κ3) is 18.5. The van der Waals surface area contributed by atoms with Crippen molar-refractivity contribution in [2.24, 2.45) is 28.2 Å². The molecule has 0 atom stereocenters. The van der Waals surface area contributed by atoms with Crippen molar-refractivity contribution >= 4 is 0 Å². The summed E-state index contributed by atoms with van der Waals surface area (Å²) in [7, 11) is 6.99. The van der Waals surface area contributed by atoms with Gasteiger partial charge < -0.3 is 0 Å². The second kappa shape index (κ2) is 36.4. The molecular weight excluding hydrogens is 1440 g/mol. The van der Waals surface area contributed by atoms with Gasteiger partial charge in [-0.05, 0) is 322 Å². The van der Waals surface area contributed by atoms with Gasteiger partial charge in [0.2, 0.25) is 22.8 Å². The number of benzene rings is 12. The van der Waals surface area contributed by atoms with E-state index in [0.29, 0.717) is 89.4 Å². The fraction of sp³-hybridized carbons (Fsp3) is 0.200. The van der Waals surface area contributed by atoms with Crippen LogP contribution in [0.1, 0.15) is 159 Å². The number of hydrogen-bond acceptors (Lipinski definition) is 0. The Bertz CT molecular complexity index is 8030. The molecule has 4 aromatic heterocycles. The first-order chi connectivity index (χ1) is 72.8. The van der Waals surface area contributed by atoms with Crippen molar-refractivity contribution in [1.29, 1.82) is 0 Å². The van der Waals surface area contributed by atoms with Gasteiger partial charge in [-0.1, -0.05) is 230 Å². The molecule has 0 aliphatic heterocycles. The Hall–Kier alpha value is -12.8. The third-order valence-corrected chi connectivity index (χ3v) is 21.5. The fourth-order valence-corrected chi connectivity index (χ4v) is 15.2. The molecule has 0 amide bonds. The lowest BCUT2D eigenvalue weighted by atomic mass is 9.90. The summed E-state index contributed by atoms with van der Waals surface area (Å²) in [6, 6.07) is 77.5. The highest BCUT2D eigenvalue weighted by Crippen LogP contribution is 2.41. The van der Waals surface area contributed by atoms with E-state index in [2.05, 4.69) is 6.07 Å². The van der Waals surface area contributed by atoms with E-state index in [4.69, 9.17) is 53.5 Å². The van der Waals surface area contributed by atoms with Gasteiger partial charge in [-0.3, -0.25) is 0 Å². The predicted molar refractivity (Wildman–Crippen MR) is 506 cm³/mol. The number of aromatic nitrogens is 4. The zero-order chi connectivity index (χ0) is 117. The Morgan fingerprint density at radius 3 is 0.975 bits per heavy atom. The summed E-state index contributed by atoms with van der Waals surface area (Å²) in [6.07, 6.45) is 6.26. The van der Waals surface area contributed by atoms with Gasteiger partial charge in [0, 0.05) is 123 Å². The van der Waals surface area contributed by atoms with E-state index in [0.717, 1.165) is 55.8 Å². The molecule has 0 radical (unpaired) electrons. The molecule has 119 heavy (non-hydrogen) atoms. The zero-order valence-corrected chi connectivity index (χ0v) is 68.1. The minimum atomic E-state index is -2.74. The van der Waals surface area contributed by atoms with Gasteiger partial charge in [0.25, 0.3) is 0 Å². The Morgan fingerprint density at radius 1 is 0.176 bits per heavy atom. The summed E-state index contributed by atoms with van der Waals surface area (Å²) in [5, 5.41) is 0. The molecule has 4 heteroatoms. The summed E-state index contributed by atoms with van der Waals surface area (Å²) >= 11 is 0. The highest BCUT2D eigenvalue weighted by Gasteiger charge is 2.25. The second-order valence-electron chi connectivity index (χ2n) is 30.1. The predicted octanol–water partition coefficient (Wildman–Crippen LogP) is 27.9. The molecule has 0 aliphatic carbocycles. The average molecular weight is 1600 g/mol. The fourth-order valence-electron chi connectivity index (χ4n) is 15.2. The maximum atomic E-state index is 8.29. The summed E-state index contributed by atoms with van der Waals surface area (Å²) in [5.41, 5.74) is 16.3. The Kier molecular flexibility index (Phi) is 14.6. The van der Waals surface area contributed by atoms with E-state index in [1.54, 1.807) is 200 Å². The van der Waals surface area contributed by atoms with E-state index in [1.807, 2.05) is 118 Å². The Morgan fingerprint density at radius 2 is 0.521 bits per heavy atom. The summed E-state index contributed by atoms with van der Waals surface area (Å²) < 4.78 is 324. The van der Waals surface area contributed by atoms with Gasteiger partial charge in [-0.25, -0.2) is 18.3 Å². The standard InChI is InChI=1S/C30H32N.2C29H30N.C27H26N/c1-19-14-22(4)30(23(5)15-19)28-17-29(31(7)18-24(28)6)27-16-25(13-12-21(27)3)26-11-9-8-10-20(26)2;1-19-10-7-8-13-25(19)24-15-14-20(2)26(16-24)28-17-27(23(5)18-30(28)6)29-21(3)11-9-12-22(29)4;1-19-11-14-26(22(4)15-19)27-17-29(30(6)18-23(27)5)28-16-24(13-12-21(28)3)25-10-8-7-9-20(25)2;1-19-10-8-9-13-24(19)25-18-26(21(3)16-20(25)2)27-17-23(14-15-28(27)4)22-11-6-5-7-12-22/h8-18H,1-7H3;2*7-18H,1-6H3;5-18H,1-4H3/q4*+1/i2D3,4D3,5D3,6D3;1D3,3D3,4D3,5D3;2D3,4D3,5D3;1D3,2D3. The molecule has 594 valence electrons. The van der Waals surface area contributed by atoms with Crippen molar-refractivity contribution in [3.63, 3.8) is 0 Å². The molecule has 0 saturated heterocycles. The van der Waals surface area contributed by atoms with Crippen LogP contribution in [0, 0.1) is 131 Å². The van der Waals surface area contributed by atoms with Crippen LogP contribution in [0.15, 0.2) is 298 Å². The average Bonchev–Trinajstić information content (AvgIpc) is 0.751. The highest BCUT2D eigenvalue weighted by atomic mass is 14.9. The lowest BCUT2D eigenvalue weighted by molar-refractivity contribution is -0.660. The molecule has 0 fully saturated rings. The van der Waals surface area contributed by atoms with Crippen LogP contribution in [0.3, 0.4) is 0 Å². The SMILES string of the molecule is [2H]C([2H])([2H])c1ccccc1-c1cc(-c2cc(-c3ccccc3)cc[n+]2C)c(C)cc1C([2H])([2H])[2H].[2H]C([2H])([2H])c1ccccc1-c1ccc(C)c(-c2cc(-c3c(C([2H])([2H])[2H])cc(C)cc3C([2H])([2H])[2H])c(C([2H])([2H])[2H])c[n+]2C)c1.[2H]C([2H])([2H])c1ccccc1-c1ccc(C)c(-c2cc(-c3c(C([2H])([2H])[2H])cccc3C([2H])([2H])[2H])c(C([2H])([2H])[2H])c[n+]2C)c1.[2H]C([2H])([2H])c1ccccc1-c1ccc(C)c(-c2cc(-c3ccc(C)cc3C([2H])([2H])[2H])c(C([2H])([2H])[2H])c[n+]2C)c1. The first kappa shape index (κ1) is 47.6. The van der Waals surface area contributed by atoms with Crippen molar-refractivity contribution in [1.82, 2.24) is 0 Å². The van der Waals surface area contributed by atoms with Gasteiger partial charge in [0.05, 0.1) is 0 Å². The van der Waals surface area contributed by atoms with Crippen LogP contribution in [0.25, 0.3) is 134 Å². The lowest BCUT2D eigenvalue weighted by Crippen LogP contribution is -2.31. The quantitative estimate of drug-likeness (QED) is 0.108. The monoisotopic (exact) mass is 1590 g/mol. The Balaban J connectivity index is 0.000000175. The van der Waals surface area contributed by atoms with Crippen LogP contribution >= 0.6 is 0 Å². The number of nitrogens with zero attached hydrogens (tertiary/aromatic N) is 4. The van der Waals surface area contributed by atoms with E-state index in [1.165, 1.54) is 61.1 Å². The lowest BCUT2D eigenvalue weighted by Gasteiger charge is -2.15. The molecular formula is C115H118N4+4. The molecule has 16 rings (SSSR count). The number of hydrogen-bond donors (Lipinski definition) is 0. The summed E-state index contributed by atoms with van der Waals surface area (Å²) in [4.78, 5) is 0. The number of pyridine rings is 4. The van der Waals surface area contributed by atoms with Crippen LogP contribution in [0.2, 0.25) is 0 Å². The maximum absolute atomic E-state index is 8.29. The maximum Gasteiger partial charge on any atom is 0.213 e. The minimum absolute atomic E-state index is 0.0157. The van der Waals surface area contributed by atoms with Crippen molar-refractivity contribution < 1.29 is 71.7 Å². The van der Waals surface area contributed by atoms with Crippen LogP contribution in [0.4, 0.5) is 0 Å². The summed E-state index contributed by atoms with van der Waals surface area (Å²) in [5.74, 6) is 0.